The summed E-state index contributed by atoms with van der Waals surface area (Å²) in [5, 5.41) is 22.9. The average Bonchev–Trinajstić information content (AvgIpc) is 2.58. The molecule has 2 heterocycles. The van der Waals surface area contributed by atoms with E-state index in [2.05, 4.69) is 34.2 Å². The Hall–Kier alpha value is -2.56. The van der Waals surface area contributed by atoms with Crippen molar-refractivity contribution in [3.05, 3.63) is 73.1 Å². The standard InChI is InChI=1S/C12H8N2.C6H6O2.2H2O.Pd/c1-3-9-5-6-10-4-2-8-14-12(10)11(9)13-7-1;7-5-3-1-2-4-6(5)8;;;/h1-8H;1-4,7-8H;2*1H2;/q;;;;+2/p-2. The molecule has 0 radical (unpaired) electrons. The number of rotatable bonds is 0. The van der Waals surface area contributed by atoms with Gasteiger partial charge < -0.3 is 21.2 Å². The molecule has 0 atom stereocenters. The zero-order valence-corrected chi connectivity index (χ0v) is 14.5. The van der Waals surface area contributed by atoms with Crippen LogP contribution in [0, 0.1) is 0 Å². The van der Waals surface area contributed by atoms with Crippen LogP contribution in [-0.4, -0.2) is 20.9 Å². The average molecular weight is 431 g/mol. The number of fused-ring (bicyclic) bond motifs is 3. The summed E-state index contributed by atoms with van der Waals surface area (Å²) in [4.78, 5) is 8.69. The summed E-state index contributed by atoms with van der Waals surface area (Å²) in [5.41, 5.74) is 1.95. The molecule has 7 heteroatoms. The summed E-state index contributed by atoms with van der Waals surface area (Å²) >= 11 is 0. The Balaban J connectivity index is 0.000000462. The minimum absolute atomic E-state index is 0. The van der Waals surface area contributed by atoms with E-state index in [1.54, 1.807) is 24.5 Å². The Morgan fingerprint density at radius 3 is 1.32 bits per heavy atom. The van der Waals surface area contributed by atoms with Gasteiger partial charge in [0.1, 0.15) is 0 Å². The van der Waals surface area contributed by atoms with Gasteiger partial charge in [-0.2, -0.15) is 0 Å². The van der Waals surface area contributed by atoms with Crippen molar-refractivity contribution in [3.63, 3.8) is 0 Å². The predicted molar refractivity (Wildman–Crippen MR) is 89.6 cm³/mol. The predicted octanol–water partition coefficient (Wildman–Crippen LogP) is 0.965. The van der Waals surface area contributed by atoms with Crippen LogP contribution in [0.5, 0.6) is 11.5 Å². The number of benzene rings is 2. The fraction of sp³-hybridized carbons (Fsp3) is 0. The smallest absolute Gasteiger partial charge is 0.873 e. The van der Waals surface area contributed by atoms with Crippen LogP contribution in [-0.2, 0) is 20.4 Å². The van der Waals surface area contributed by atoms with Gasteiger partial charge in [-0.3, -0.25) is 9.97 Å². The molecular weight excluding hydrogens is 415 g/mol. The first-order chi connectivity index (χ1) is 10.8. The monoisotopic (exact) mass is 430 g/mol. The van der Waals surface area contributed by atoms with Gasteiger partial charge >= 0.3 is 20.4 Å². The van der Waals surface area contributed by atoms with Crippen molar-refractivity contribution in [1.82, 2.24) is 9.97 Å². The molecule has 0 aliphatic carbocycles. The molecule has 0 aliphatic rings. The summed E-state index contributed by atoms with van der Waals surface area (Å²) in [6.07, 6.45) is 3.60. The molecular formula is C18H16N2O4Pd. The van der Waals surface area contributed by atoms with Gasteiger partial charge in [0, 0.05) is 23.2 Å². The molecule has 4 rings (SSSR count). The molecule has 25 heavy (non-hydrogen) atoms. The number of pyridine rings is 2. The molecule has 0 saturated heterocycles. The van der Waals surface area contributed by atoms with Gasteiger partial charge in [-0.1, -0.05) is 48.5 Å². The van der Waals surface area contributed by atoms with Crippen molar-refractivity contribution in [2.75, 3.05) is 0 Å². The van der Waals surface area contributed by atoms with E-state index in [-0.39, 0.29) is 31.4 Å². The van der Waals surface area contributed by atoms with Crippen LogP contribution in [0.1, 0.15) is 0 Å². The summed E-state index contributed by atoms with van der Waals surface area (Å²) in [5.74, 6) is -0.875. The van der Waals surface area contributed by atoms with Crippen molar-refractivity contribution in [3.8, 4) is 11.5 Å². The third kappa shape index (κ3) is 5.21. The van der Waals surface area contributed by atoms with E-state index < -0.39 is 11.5 Å². The number of hydrogen-bond donors (Lipinski definition) is 0. The topological polar surface area (TPSA) is 135 Å². The first-order valence-corrected chi connectivity index (χ1v) is 6.77. The Bertz CT molecular complexity index is 859. The molecule has 2 aromatic heterocycles. The van der Waals surface area contributed by atoms with Gasteiger partial charge in [-0.05, 0) is 12.1 Å². The molecule has 0 spiro atoms. The summed E-state index contributed by atoms with van der Waals surface area (Å²) < 4.78 is 0. The van der Waals surface area contributed by atoms with Gasteiger partial charge in [0.05, 0.1) is 11.0 Å². The maximum Gasteiger partial charge on any atom is 2.00 e. The molecule has 0 bridgehead atoms. The van der Waals surface area contributed by atoms with Crippen molar-refractivity contribution in [2.45, 2.75) is 0 Å². The normalized spacial score (nSPS) is 8.96. The van der Waals surface area contributed by atoms with Crippen molar-refractivity contribution in [2.24, 2.45) is 0 Å². The minimum Gasteiger partial charge on any atom is -0.873 e. The Morgan fingerprint density at radius 1 is 0.560 bits per heavy atom. The second kappa shape index (κ2) is 10.3. The molecule has 0 saturated carbocycles. The molecule has 132 valence electrons. The second-order valence-corrected chi connectivity index (χ2v) is 4.66. The molecule has 6 nitrogen and oxygen atoms in total. The van der Waals surface area contributed by atoms with Gasteiger partial charge in [-0.15, -0.1) is 11.5 Å². The van der Waals surface area contributed by atoms with Crippen molar-refractivity contribution >= 4 is 21.8 Å². The summed E-state index contributed by atoms with van der Waals surface area (Å²) in [6.45, 7) is 0. The SMILES string of the molecule is O.O.[O-]c1ccccc1[O-].[Pd+2].c1cnc2c(c1)ccc1cccnc12. The van der Waals surface area contributed by atoms with Crippen LogP contribution >= 0.6 is 0 Å². The zero-order chi connectivity index (χ0) is 15.4. The maximum absolute atomic E-state index is 10.3. The van der Waals surface area contributed by atoms with Crippen molar-refractivity contribution in [1.29, 1.82) is 0 Å². The zero-order valence-electron chi connectivity index (χ0n) is 13.0. The van der Waals surface area contributed by atoms with E-state index >= 15 is 0 Å². The van der Waals surface area contributed by atoms with E-state index in [1.165, 1.54) is 12.1 Å². The van der Waals surface area contributed by atoms with E-state index in [9.17, 15) is 10.2 Å². The molecule has 0 aliphatic heterocycles. The van der Waals surface area contributed by atoms with Crippen LogP contribution in [0.15, 0.2) is 73.1 Å². The number of nitrogens with zero attached hydrogens (tertiary/aromatic N) is 2. The maximum atomic E-state index is 10.3. The molecule has 4 N–H and O–H groups in total. The van der Waals surface area contributed by atoms with Crippen LogP contribution in [0.3, 0.4) is 0 Å². The largest absolute Gasteiger partial charge is 2.00 e. The van der Waals surface area contributed by atoms with E-state index in [0.717, 1.165) is 21.8 Å². The van der Waals surface area contributed by atoms with E-state index in [1.807, 2.05) is 12.1 Å². The molecule has 2 aromatic carbocycles. The van der Waals surface area contributed by atoms with Crippen molar-refractivity contribution < 1.29 is 41.6 Å². The van der Waals surface area contributed by atoms with Gasteiger partial charge in [-0.25, -0.2) is 0 Å². The van der Waals surface area contributed by atoms with Crippen LogP contribution in [0.4, 0.5) is 0 Å². The molecule has 0 amide bonds. The minimum atomic E-state index is -0.437. The third-order valence-electron chi connectivity index (χ3n) is 3.19. The van der Waals surface area contributed by atoms with Gasteiger partial charge in [0.2, 0.25) is 0 Å². The number of para-hydroxylation sites is 2. The second-order valence-electron chi connectivity index (χ2n) is 4.66. The Morgan fingerprint density at radius 2 is 0.960 bits per heavy atom. The van der Waals surface area contributed by atoms with Crippen LogP contribution < -0.4 is 10.2 Å². The first-order valence-electron chi connectivity index (χ1n) is 6.77. The summed E-state index contributed by atoms with van der Waals surface area (Å²) in [7, 11) is 0. The Labute approximate surface area is 158 Å². The molecule has 0 fully saturated rings. The van der Waals surface area contributed by atoms with Gasteiger partial charge in [0.25, 0.3) is 0 Å². The number of hydrogen-bond acceptors (Lipinski definition) is 4. The first kappa shape index (κ1) is 22.4. The van der Waals surface area contributed by atoms with Crippen LogP contribution in [0.25, 0.3) is 21.8 Å². The molecule has 0 unspecified atom stereocenters. The van der Waals surface area contributed by atoms with E-state index in [0.29, 0.717) is 0 Å². The molecule has 4 aromatic rings. The third-order valence-corrected chi connectivity index (χ3v) is 3.19. The fourth-order valence-electron chi connectivity index (χ4n) is 2.13. The quantitative estimate of drug-likeness (QED) is 0.303. The fourth-order valence-corrected chi connectivity index (χ4v) is 2.13. The van der Waals surface area contributed by atoms with Gasteiger partial charge in [0.15, 0.2) is 0 Å². The number of aromatic nitrogens is 2. The van der Waals surface area contributed by atoms with E-state index in [4.69, 9.17) is 0 Å². The Kier molecular flexibility index (Phi) is 9.28. The van der Waals surface area contributed by atoms with Crippen LogP contribution in [0.2, 0.25) is 0 Å². The summed E-state index contributed by atoms with van der Waals surface area (Å²) in [6, 6.07) is 17.7.